The fourth-order valence-electron chi connectivity index (χ4n) is 2.57. The number of sulfonamides is 1. The highest BCUT2D eigenvalue weighted by Gasteiger charge is 2.33. The number of nitro benzene ring substituents is 1. The minimum Gasteiger partial charge on any atom is -0.375 e. The van der Waals surface area contributed by atoms with E-state index in [9.17, 15) is 31.7 Å². The van der Waals surface area contributed by atoms with E-state index in [-0.39, 0.29) is 17.1 Å². The summed E-state index contributed by atoms with van der Waals surface area (Å²) in [6.45, 7) is 0.142. The number of primary sulfonamides is 1. The maximum atomic E-state index is 12.6. The van der Waals surface area contributed by atoms with Crippen LogP contribution in [0.3, 0.4) is 0 Å². The normalized spacial score (nSPS) is 12.0. The van der Waals surface area contributed by atoms with Crippen LogP contribution in [0, 0.1) is 10.1 Å². The van der Waals surface area contributed by atoms with Gasteiger partial charge in [0, 0.05) is 18.8 Å². The van der Waals surface area contributed by atoms with E-state index in [4.69, 9.17) is 5.14 Å². The van der Waals surface area contributed by atoms with Crippen LogP contribution in [-0.4, -0.2) is 23.1 Å². The highest BCUT2D eigenvalue weighted by molar-refractivity contribution is 7.89. The van der Waals surface area contributed by atoms with E-state index in [1.165, 1.54) is 12.3 Å². The molecule has 1 aromatic heterocycles. The lowest BCUT2D eigenvalue weighted by Crippen LogP contribution is -2.13. The number of nitrogens with zero attached hydrogens (tertiary/aromatic N) is 3. The van der Waals surface area contributed by atoms with Crippen LogP contribution in [0.5, 0.6) is 0 Å². The molecule has 3 aromatic rings. The number of nitrogens with one attached hydrogen (secondary N) is 1. The molecular formula is C17H14F3N5O4S. The highest BCUT2D eigenvalue weighted by atomic mass is 32.2. The summed E-state index contributed by atoms with van der Waals surface area (Å²) in [5.41, 5.74) is -0.319. The molecule has 9 nitrogen and oxygen atoms in total. The molecule has 0 saturated heterocycles. The van der Waals surface area contributed by atoms with E-state index in [1.54, 1.807) is 24.3 Å². The molecule has 0 unspecified atom stereocenters. The van der Waals surface area contributed by atoms with Gasteiger partial charge in [0.2, 0.25) is 10.0 Å². The zero-order valence-corrected chi connectivity index (χ0v) is 15.8. The van der Waals surface area contributed by atoms with Gasteiger partial charge >= 0.3 is 6.18 Å². The molecule has 3 rings (SSSR count). The van der Waals surface area contributed by atoms with E-state index in [2.05, 4.69) is 10.4 Å². The number of anilines is 1. The maximum Gasteiger partial charge on any atom is 0.435 e. The standard InChI is InChI=1S/C17H14F3N5O4S/c18-17(19,20)16-7-8-24(23-16)12-3-1-11(2-4-12)10-22-14-6-5-13(30(21,28)29)9-15(14)25(26)27/h1-9,22H,10H2,(H2,21,28,29). The molecule has 0 spiro atoms. The Labute approximate surface area is 168 Å². The molecule has 0 radical (unpaired) electrons. The molecule has 3 N–H and O–H groups in total. The van der Waals surface area contributed by atoms with Crippen molar-refractivity contribution in [3.05, 3.63) is 76.1 Å². The predicted octanol–water partition coefficient (Wildman–Crippen LogP) is 3.06. The molecule has 0 amide bonds. The molecule has 0 fully saturated rings. The number of rotatable bonds is 6. The molecule has 158 valence electrons. The number of aromatic nitrogens is 2. The Morgan fingerprint density at radius 3 is 2.33 bits per heavy atom. The van der Waals surface area contributed by atoms with Crippen molar-refractivity contribution in [2.75, 3.05) is 5.32 Å². The average Bonchev–Trinajstić information content (AvgIpc) is 3.16. The first-order valence-electron chi connectivity index (χ1n) is 8.22. The van der Waals surface area contributed by atoms with E-state index < -0.39 is 32.5 Å². The second kappa shape index (κ2) is 7.76. The van der Waals surface area contributed by atoms with Gasteiger partial charge in [-0.25, -0.2) is 18.2 Å². The van der Waals surface area contributed by atoms with Crippen LogP contribution in [0.2, 0.25) is 0 Å². The molecule has 30 heavy (non-hydrogen) atoms. The van der Waals surface area contributed by atoms with Gasteiger partial charge in [-0.05, 0) is 35.9 Å². The number of halogens is 3. The Kier molecular flexibility index (Phi) is 5.50. The fraction of sp³-hybridized carbons (Fsp3) is 0.118. The van der Waals surface area contributed by atoms with E-state index in [1.807, 2.05) is 0 Å². The summed E-state index contributed by atoms with van der Waals surface area (Å²) in [4.78, 5) is 10.1. The van der Waals surface area contributed by atoms with Crippen LogP contribution in [0.4, 0.5) is 24.5 Å². The largest absolute Gasteiger partial charge is 0.435 e. The Bertz CT molecular complexity index is 1190. The van der Waals surface area contributed by atoms with Gasteiger partial charge in [0.05, 0.1) is 15.5 Å². The van der Waals surface area contributed by atoms with Gasteiger partial charge in [0.25, 0.3) is 5.69 Å². The van der Waals surface area contributed by atoms with E-state index >= 15 is 0 Å². The highest BCUT2D eigenvalue weighted by Crippen LogP contribution is 2.29. The lowest BCUT2D eigenvalue weighted by Gasteiger charge is -2.09. The first-order valence-corrected chi connectivity index (χ1v) is 9.77. The molecule has 0 aliphatic rings. The lowest BCUT2D eigenvalue weighted by atomic mass is 10.2. The van der Waals surface area contributed by atoms with Crippen LogP contribution >= 0.6 is 0 Å². The Morgan fingerprint density at radius 2 is 1.80 bits per heavy atom. The first kappa shape index (κ1) is 21.3. The summed E-state index contributed by atoms with van der Waals surface area (Å²) in [7, 11) is -4.09. The molecular weight excluding hydrogens is 427 g/mol. The molecule has 2 aromatic carbocycles. The van der Waals surface area contributed by atoms with E-state index in [0.717, 1.165) is 22.9 Å². The summed E-state index contributed by atoms with van der Waals surface area (Å²) in [6, 6.07) is 10.4. The third-order valence-electron chi connectivity index (χ3n) is 4.06. The predicted molar refractivity (Wildman–Crippen MR) is 100 cm³/mol. The van der Waals surface area contributed by atoms with Crippen LogP contribution in [0.15, 0.2) is 59.6 Å². The van der Waals surface area contributed by atoms with Gasteiger partial charge < -0.3 is 5.32 Å². The van der Waals surface area contributed by atoms with Crippen molar-refractivity contribution in [3.8, 4) is 5.69 Å². The summed E-state index contributed by atoms with van der Waals surface area (Å²) in [5.74, 6) is 0. The van der Waals surface area contributed by atoms with Crippen LogP contribution in [0.1, 0.15) is 11.3 Å². The fourth-order valence-corrected chi connectivity index (χ4v) is 3.11. The molecule has 0 aliphatic heterocycles. The van der Waals surface area contributed by atoms with Gasteiger partial charge in [0.1, 0.15) is 5.69 Å². The first-order chi connectivity index (χ1) is 13.9. The van der Waals surface area contributed by atoms with Crippen LogP contribution in [-0.2, 0) is 22.7 Å². The molecule has 0 bridgehead atoms. The molecule has 0 aliphatic carbocycles. The van der Waals surface area contributed by atoms with E-state index in [0.29, 0.717) is 11.3 Å². The van der Waals surface area contributed by atoms with Crippen LogP contribution < -0.4 is 10.5 Å². The monoisotopic (exact) mass is 441 g/mol. The summed E-state index contributed by atoms with van der Waals surface area (Å²) < 4.78 is 61.8. The molecule has 13 heteroatoms. The number of nitrogens with two attached hydrogens (primary N) is 1. The molecule has 1 heterocycles. The Balaban J connectivity index is 1.75. The summed E-state index contributed by atoms with van der Waals surface area (Å²) in [6.07, 6.45) is -3.35. The maximum absolute atomic E-state index is 12.6. The average molecular weight is 441 g/mol. The topological polar surface area (TPSA) is 133 Å². The molecule has 0 saturated carbocycles. The number of hydrogen-bond donors (Lipinski definition) is 2. The second-order valence-corrected chi connectivity index (χ2v) is 7.71. The minimum atomic E-state index is -4.54. The third-order valence-corrected chi connectivity index (χ3v) is 4.97. The minimum absolute atomic E-state index is 0.0818. The van der Waals surface area contributed by atoms with Gasteiger partial charge in [0.15, 0.2) is 5.69 Å². The van der Waals surface area contributed by atoms with Gasteiger partial charge in [-0.3, -0.25) is 10.1 Å². The SMILES string of the molecule is NS(=O)(=O)c1ccc(NCc2ccc(-n3ccc(C(F)(F)F)n3)cc2)c([N+](=O)[O-])c1. The Hall–Kier alpha value is -3.45. The molecule has 0 atom stereocenters. The van der Waals surface area contributed by atoms with Crippen molar-refractivity contribution in [1.29, 1.82) is 0 Å². The summed E-state index contributed by atoms with van der Waals surface area (Å²) in [5, 5.41) is 22.5. The van der Waals surface area contributed by atoms with Crippen LogP contribution in [0.25, 0.3) is 5.69 Å². The number of hydrogen-bond acceptors (Lipinski definition) is 6. The van der Waals surface area contributed by atoms with Crippen molar-refractivity contribution >= 4 is 21.4 Å². The lowest BCUT2D eigenvalue weighted by molar-refractivity contribution is -0.384. The smallest absolute Gasteiger partial charge is 0.375 e. The van der Waals surface area contributed by atoms with Gasteiger partial charge in [-0.1, -0.05) is 12.1 Å². The summed E-state index contributed by atoms with van der Waals surface area (Å²) >= 11 is 0. The zero-order valence-electron chi connectivity index (χ0n) is 15.0. The Morgan fingerprint density at radius 1 is 1.13 bits per heavy atom. The second-order valence-electron chi connectivity index (χ2n) is 6.14. The number of alkyl halides is 3. The third kappa shape index (κ3) is 4.75. The van der Waals surface area contributed by atoms with Gasteiger partial charge in [-0.15, -0.1) is 0 Å². The van der Waals surface area contributed by atoms with Crippen molar-refractivity contribution in [1.82, 2.24) is 9.78 Å². The van der Waals surface area contributed by atoms with Crippen molar-refractivity contribution in [3.63, 3.8) is 0 Å². The zero-order chi connectivity index (χ0) is 22.1. The van der Waals surface area contributed by atoms with Crippen molar-refractivity contribution in [2.24, 2.45) is 5.14 Å². The van der Waals surface area contributed by atoms with Gasteiger partial charge in [-0.2, -0.15) is 18.3 Å². The number of nitro groups is 1. The quantitative estimate of drug-likeness (QED) is 0.446. The van der Waals surface area contributed by atoms with Crippen molar-refractivity contribution in [2.45, 2.75) is 17.6 Å². The van der Waals surface area contributed by atoms with Crippen molar-refractivity contribution < 1.29 is 26.5 Å². The number of benzene rings is 2.